The van der Waals surface area contributed by atoms with Crippen LogP contribution in [0.15, 0.2) is 31.0 Å². The van der Waals surface area contributed by atoms with Crippen LogP contribution in [0.4, 0.5) is 5.82 Å². The summed E-state index contributed by atoms with van der Waals surface area (Å²) in [5, 5.41) is 18.6. The minimum absolute atomic E-state index is 0.449. The monoisotopic (exact) mass is 328 g/mol. The van der Waals surface area contributed by atoms with Crippen molar-refractivity contribution in [3.05, 3.63) is 31.0 Å². The van der Waals surface area contributed by atoms with Gasteiger partial charge in [0.05, 0.1) is 18.3 Å². The van der Waals surface area contributed by atoms with Crippen molar-refractivity contribution in [2.45, 2.75) is 39.8 Å². The van der Waals surface area contributed by atoms with E-state index in [1.54, 1.807) is 24.9 Å². The topological polar surface area (TPSA) is 71.5 Å². The minimum Gasteiger partial charge on any atom is -0.389 e. The molecule has 0 spiro atoms. The van der Waals surface area contributed by atoms with Gasteiger partial charge in [0.25, 0.3) is 0 Å². The average Bonchev–Trinajstić information content (AvgIpc) is 3.13. The van der Waals surface area contributed by atoms with Gasteiger partial charge in [-0.25, -0.2) is 9.50 Å². The zero-order valence-electron chi connectivity index (χ0n) is 14.6. The zero-order valence-corrected chi connectivity index (χ0v) is 14.6. The van der Waals surface area contributed by atoms with E-state index in [-0.39, 0.29) is 0 Å². The first kappa shape index (κ1) is 16.4. The molecule has 3 heterocycles. The van der Waals surface area contributed by atoms with Crippen LogP contribution in [-0.2, 0) is 6.54 Å². The molecule has 0 atom stereocenters. The number of hydrogen-bond acceptors (Lipinski definition) is 5. The lowest BCUT2D eigenvalue weighted by Gasteiger charge is -2.19. The van der Waals surface area contributed by atoms with Gasteiger partial charge in [-0.3, -0.25) is 4.68 Å². The molecule has 0 radical (unpaired) electrons. The maximum Gasteiger partial charge on any atom is 0.156 e. The number of anilines is 1. The van der Waals surface area contributed by atoms with Crippen LogP contribution in [0.1, 0.15) is 27.7 Å². The lowest BCUT2D eigenvalue weighted by Crippen LogP contribution is -2.26. The number of hydrogen-bond donors (Lipinski definition) is 1. The van der Waals surface area contributed by atoms with Crippen LogP contribution >= 0.6 is 0 Å². The van der Waals surface area contributed by atoms with Gasteiger partial charge < -0.3 is 10.0 Å². The molecule has 0 aliphatic rings. The molecule has 7 heteroatoms. The highest BCUT2D eigenvalue weighted by Gasteiger charge is 2.16. The minimum atomic E-state index is -0.795. The molecule has 128 valence electrons. The Kier molecular flexibility index (Phi) is 4.28. The predicted molar refractivity (Wildman–Crippen MR) is 94.1 cm³/mol. The highest BCUT2D eigenvalue weighted by atomic mass is 16.3. The second kappa shape index (κ2) is 6.24. The number of fused-ring (bicyclic) bond motifs is 1. The first-order chi connectivity index (χ1) is 11.4. The van der Waals surface area contributed by atoms with E-state index in [2.05, 4.69) is 40.0 Å². The lowest BCUT2D eigenvalue weighted by atomic mass is 10.1. The van der Waals surface area contributed by atoms with Gasteiger partial charge in [-0.1, -0.05) is 0 Å². The van der Waals surface area contributed by atoms with Crippen LogP contribution in [-0.4, -0.2) is 48.2 Å². The molecule has 0 bridgehead atoms. The lowest BCUT2D eigenvalue weighted by molar-refractivity contribution is 0.0577. The number of rotatable bonds is 6. The Morgan fingerprint density at radius 2 is 1.88 bits per heavy atom. The third kappa shape index (κ3) is 3.26. The van der Waals surface area contributed by atoms with Gasteiger partial charge in [0, 0.05) is 36.6 Å². The van der Waals surface area contributed by atoms with Crippen molar-refractivity contribution in [3.8, 4) is 11.1 Å². The Morgan fingerprint density at radius 1 is 1.12 bits per heavy atom. The molecule has 0 unspecified atom stereocenters. The summed E-state index contributed by atoms with van der Waals surface area (Å²) < 4.78 is 3.61. The van der Waals surface area contributed by atoms with Gasteiger partial charge in [0.15, 0.2) is 5.82 Å². The first-order valence-electron chi connectivity index (χ1n) is 8.25. The third-order valence-electron chi connectivity index (χ3n) is 3.96. The Morgan fingerprint density at radius 3 is 2.54 bits per heavy atom. The van der Waals surface area contributed by atoms with E-state index in [0.29, 0.717) is 6.54 Å². The molecule has 0 aliphatic carbocycles. The second-order valence-corrected chi connectivity index (χ2v) is 6.55. The van der Waals surface area contributed by atoms with Crippen molar-refractivity contribution >= 4 is 11.3 Å². The van der Waals surface area contributed by atoms with Crippen LogP contribution in [0, 0.1) is 0 Å². The van der Waals surface area contributed by atoms with E-state index < -0.39 is 5.60 Å². The molecule has 0 aliphatic heterocycles. The molecular weight excluding hydrogens is 304 g/mol. The summed E-state index contributed by atoms with van der Waals surface area (Å²) in [7, 11) is 0. The van der Waals surface area contributed by atoms with Crippen LogP contribution in [0.5, 0.6) is 0 Å². The fraction of sp³-hybridized carbons (Fsp3) is 0.471. The van der Waals surface area contributed by atoms with Gasteiger partial charge in [-0.15, -0.1) is 0 Å². The second-order valence-electron chi connectivity index (χ2n) is 6.55. The first-order valence-corrected chi connectivity index (χ1v) is 8.25. The van der Waals surface area contributed by atoms with E-state index in [0.717, 1.165) is 35.6 Å². The van der Waals surface area contributed by atoms with E-state index in [1.807, 2.05) is 23.1 Å². The fourth-order valence-electron chi connectivity index (χ4n) is 2.84. The van der Waals surface area contributed by atoms with E-state index >= 15 is 0 Å². The van der Waals surface area contributed by atoms with E-state index in [9.17, 15) is 5.11 Å². The van der Waals surface area contributed by atoms with E-state index in [1.165, 1.54) is 0 Å². The predicted octanol–water partition coefficient (Wildman–Crippen LogP) is 2.21. The van der Waals surface area contributed by atoms with Crippen molar-refractivity contribution in [2.24, 2.45) is 0 Å². The summed E-state index contributed by atoms with van der Waals surface area (Å²) in [5.41, 5.74) is 2.21. The van der Waals surface area contributed by atoms with Crippen molar-refractivity contribution in [2.75, 3.05) is 18.0 Å². The van der Waals surface area contributed by atoms with Crippen LogP contribution in [0.2, 0.25) is 0 Å². The van der Waals surface area contributed by atoms with E-state index in [4.69, 9.17) is 0 Å². The van der Waals surface area contributed by atoms with Crippen LogP contribution in [0.3, 0.4) is 0 Å². The number of nitrogens with zero attached hydrogens (tertiary/aromatic N) is 6. The summed E-state index contributed by atoms with van der Waals surface area (Å²) >= 11 is 0. The number of aromatic nitrogens is 5. The molecule has 7 nitrogen and oxygen atoms in total. The van der Waals surface area contributed by atoms with Crippen molar-refractivity contribution < 1.29 is 5.11 Å². The summed E-state index contributed by atoms with van der Waals surface area (Å²) in [4.78, 5) is 6.66. The molecule has 24 heavy (non-hydrogen) atoms. The van der Waals surface area contributed by atoms with Gasteiger partial charge in [-0.05, 0) is 33.8 Å². The van der Waals surface area contributed by atoms with Gasteiger partial charge >= 0.3 is 0 Å². The standard InChI is InChI=1S/C17H24N6O/c1-5-21(6-2)16-15-7-13(10-23(15)20-12-18-16)14-8-19-22(9-14)11-17(3,4)24/h7-10,12,24H,5-6,11H2,1-4H3. The maximum absolute atomic E-state index is 9.93. The fourth-order valence-corrected chi connectivity index (χ4v) is 2.84. The quantitative estimate of drug-likeness (QED) is 0.751. The van der Waals surface area contributed by atoms with Gasteiger partial charge in [0.1, 0.15) is 11.8 Å². The molecular formula is C17H24N6O. The van der Waals surface area contributed by atoms with Gasteiger partial charge in [-0.2, -0.15) is 10.2 Å². The largest absolute Gasteiger partial charge is 0.389 e. The van der Waals surface area contributed by atoms with Crippen molar-refractivity contribution in [3.63, 3.8) is 0 Å². The van der Waals surface area contributed by atoms with Crippen LogP contribution in [0.25, 0.3) is 16.6 Å². The molecule has 0 fully saturated rings. The van der Waals surface area contributed by atoms with Crippen molar-refractivity contribution in [1.29, 1.82) is 0 Å². The Bertz CT molecular complexity index is 825. The smallest absolute Gasteiger partial charge is 0.156 e. The molecule has 0 aromatic carbocycles. The zero-order chi connectivity index (χ0) is 17.3. The summed E-state index contributed by atoms with van der Waals surface area (Å²) in [5.74, 6) is 0.935. The normalized spacial score (nSPS) is 12.0. The molecule has 0 saturated heterocycles. The summed E-state index contributed by atoms with van der Waals surface area (Å²) in [6.07, 6.45) is 7.32. The van der Waals surface area contributed by atoms with Crippen LogP contribution < -0.4 is 4.90 Å². The molecule has 3 rings (SSSR count). The molecule has 0 amide bonds. The molecule has 1 N–H and O–H groups in total. The number of aliphatic hydroxyl groups is 1. The molecule has 0 saturated carbocycles. The SMILES string of the molecule is CCN(CC)c1ncnn2cc(-c3cnn(CC(C)(C)O)c3)cc12. The summed E-state index contributed by atoms with van der Waals surface area (Å²) in [6.45, 7) is 10.0. The molecule has 3 aromatic rings. The Labute approximate surface area is 141 Å². The summed E-state index contributed by atoms with van der Waals surface area (Å²) in [6, 6.07) is 2.08. The van der Waals surface area contributed by atoms with Gasteiger partial charge in [0.2, 0.25) is 0 Å². The third-order valence-corrected chi connectivity index (χ3v) is 3.96. The maximum atomic E-state index is 9.93. The van der Waals surface area contributed by atoms with Crippen molar-refractivity contribution in [1.82, 2.24) is 24.4 Å². The Hall–Kier alpha value is -2.41. The highest BCUT2D eigenvalue weighted by Crippen LogP contribution is 2.26. The highest BCUT2D eigenvalue weighted by molar-refractivity contribution is 5.77. The average molecular weight is 328 g/mol. The Balaban J connectivity index is 1.98. The molecule has 3 aromatic heterocycles.